The van der Waals surface area contributed by atoms with Crippen LogP contribution in [0.25, 0.3) is 0 Å². The topological polar surface area (TPSA) is 93.1 Å². The molecule has 0 aromatic heterocycles. The average molecular weight is 282 g/mol. The van der Waals surface area contributed by atoms with Gasteiger partial charge in [0.05, 0.1) is 32.3 Å². The molecule has 0 aliphatic rings. The Morgan fingerprint density at radius 3 is 2.40 bits per heavy atom. The average Bonchev–Trinajstić information content (AvgIpc) is 2.45. The molecule has 0 fully saturated rings. The number of aliphatic hydroxyl groups is 2. The van der Waals surface area contributed by atoms with Crippen molar-refractivity contribution < 1.29 is 29.3 Å². The first-order valence-corrected chi connectivity index (χ1v) is 6.03. The van der Waals surface area contributed by atoms with E-state index >= 15 is 0 Å². The third-order valence-corrected chi connectivity index (χ3v) is 3.07. The van der Waals surface area contributed by atoms with E-state index in [1.54, 1.807) is 25.1 Å². The van der Waals surface area contributed by atoms with E-state index in [4.69, 9.17) is 0 Å². The van der Waals surface area contributed by atoms with Gasteiger partial charge >= 0.3 is 11.9 Å². The molecule has 0 bridgehead atoms. The summed E-state index contributed by atoms with van der Waals surface area (Å²) in [5.41, 5.74) is 1.16. The lowest BCUT2D eigenvalue weighted by Crippen LogP contribution is -2.23. The molecule has 6 heteroatoms. The zero-order chi connectivity index (χ0) is 15.3. The van der Waals surface area contributed by atoms with Crippen molar-refractivity contribution in [1.82, 2.24) is 0 Å². The minimum Gasteiger partial charge on any atom is -0.469 e. The van der Waals surface area contributed by atoms with Gasteiger partial charge in [-0.15, -0.1) is 0 Å². The molecular weight excluding hydrogens is 264 g/mol. The van der Waals surface area contributed by atoms with E-state index in [9.17, 15) is 19.8 Å². The van der Waals surface area contributed by atoms with Crippen LogP contribution in [0.5, 0.6) is 0 Å². The van der Waals surface area contributed by atoms with Gasteiger partial charge in [0.2, 0.25) is 0 Å². The van der Waals surface area contributed by atoms with Crippen LogP contribution in [0.1, 0.15) is 34.0 Å². The number of ether oxygens (including phenoxy) is 2. The van der Waals surface area contributed by atoms with Crippen LogP contribution in [0.4, 0.5) is 0 Å². The number of hydrogen-bond donors (Lipinski definition) is 2. The Morgan fingerprint density at radius 2 is 1.85 bits per heavy atom. The number of carbonyl (C=O) groups is 2. The summed E-state index contributed by atoms with van der Waals surface area (Å²) in [5.74, 6) is -1.16. The van der Waals surface area contributed by atoms with Crippen LogP contribution >= 0.6 is 0 Å². The Balaban J connectivity index is 3.01. The summed E-state index contributed by atoms with van der Waals surface area (Å²) in [5, 5.41) is 19.9. The van der Waals surface area contributed by atoms with Crippen LogP contribution in [0, 0.1) is 6.92 Å². The van der Waals surface area contributed by atoms with Crippen LogP contribution in [0.2, 0.25) is 0 Å². The highest BCUT2D eigenvalue weighted by atomic mass is 16.5. The summed E-state index contributed by atoms with van der Waals surface area (Å²) in [7, 11) is 2.46. The lowest BCUT2D eigenvalue weighted by Gasteiger charge is -2.20. The number of methoxy groups -OCH3 is 2. The largest absolute Gasteiger partial charge is 0.469 e. The van der Waals surface area contributed by atoms with Crippen LogP contribution in [-0.2, 0) is 14.3 Å². The first kappa shape index (κ1) is 16.1. The van der Waals surface area contributed by atoms with Gasteiger partial charge in [-0.05, 0) is 24.1 Å². The Kier molecular flexibility index (Phi) is 5.66. The van der Waals surface area contributed by atoms with Crippen LogP contribution in [-0.4, -0.2) is 42.5 Å². The number of hydrogen-bond acceptors (Lipinski definition) is 6. The zero-order valence-corrected chi connectivity index (χ0v) is 11.6. The van der Waals surface area contributed by atoms with E-state index in [0.717, 1.165) is 0 Å². The predicted octanol–water partition coefficient (Wildman–Crippen LogP) is 0.739. The third kappa shape index (κ3) is 3.55. The van der Waals surface area contributed by atoms with Crippen molar-refractivity contribution in [2.45, 2.75) is 25.6 Å². The van der Waals surface area contributed by atoms with E-state index in [0.29, 0.717) is 16.7 Å². The van der Waals surface area contributed by atoms with Crippen molar-refractivity contribution in [3.05, 3.63) is 34.9 Å². The van der Waals surface area contributed by atoms with Crippen LogP contribution in [0.3, 0.4) is 0 Å². The predicted molar refractivity (Wildman–Crippen MR) is 70.1 cm³/mol. The smallest absolute Gasteiger partial charge is 0.338 e. The number of rotatable bonds is 5. The van der Waals surface area contributed by atoms with Gasteiger partial charge in [-0.25, -0.2) is 4.79 Å². The maximum atomic E-state index is 11.6. The first-order chi connectivity index (χ1) is 9.42. The van der Waals surface area contributed by atoms with Gasteiger partial charge in [-0.1, -0.05) is 12.1 Å². The van der Waals surface area contributed by atoms with Crippen molar-refractivity contribution in [2.75, 3.05) is 14.2 Å². The van der Waals surface area contributed by atoms with Crippen molar-refractivity contribution in [3.63, 3.8) is 0 Å². The Hall–Kier alpha value is -1.92. The molecule has 0 radical (unpaired) electrons. The molecule has 0 saturated carbocycles. The lowest BCUT2D eigenvalue weighted by atomic mass is 9.94. The van der Waals surface area contributed by atoms with Crippen molar-refractivity contribution in [1.29, 1.82) is 0 Å². The molecule has 0 amide bonds. The lowest BCUT2D eigenvalue weighted by molar-refractivity contribution is -0.144. The number of esters is 2. The van der Waals surface area contributed by atoms with Gasteiger partial charge in [-0.3, -0.25) is 4.79 Å². The summed E-state index contributed by atoms with van der Waals surface area (Å²) >= 11 is 0. The summed E-state index contributed by atoms with van der Waals surface area (Å²) in [6.45, 7) is 1.63. The standard InChI is InChI=1S/C14H18O6/c1-8-9(5-4-6-10(8)14(18)20-3)13(17)11(15)7-12(16)19-2/h4-6,11,13,15,17H,7H2,1-3H3. The van der Waals surface area contributed by atoms with Gasteiger partial charge in [0.25, 0.3) is 0 Å². The summed E-state index contributed by atoms with van der Waals surface area (Å²) < 4.78 is 9.07. The van der Waals surface area contributed by atoms with Crippen LogP contribution < -0.4 is 0 Å². The highest BCUT2D eigenvalue weighted by molar-refractivity contribution is 5.91. The van der Waals surface area contributed by atoms with E-state index in [2.05, 4.69) is 9.47 Å². The van der Waals surface area contributed by atoms with Gasteiger partial charge in [0, 0.05) is 0 Å². The summed E-state index contributed by atoms with van der Waals surface area (Å²) in [6.07, 6.45) is -2.94. The molecule has 0 aliphatic heterocycles. The van der Waals surface area contributed by atoms with Crippen molar-refractivity contribution in [2.24, 2.45) is 0 Å². The Bertz CT molecular complexity index is 496. The third-order valence-electron chi connectivity index (χ3n) is 3.07. The molecule has 0 spiro atoms. The zero-order valence-electron chi connectivity index (χ0n) is 11.6. The summed E-state index contributed by atoms with van der Waals surface area (Å²) in [4.78, 5) is 22.7. The fraction of sp³-hybridized carbons (Fsp3) is 0.429. The van der Waals surface area contributed by atoms with Crippen molar-refractivity contribution in [3.8, 4) is 0 Å². The van der Waals surface area contributed by atoms with E-state index in [-0.39, 0.29) is 6.42 Å². The van der Waals surface area contributed by atoms with Gasteiger partial charge < -0.3 is 19.7 Å². The molecule has 0 heterocycles. The second-order valence-corrected chi connectivity index (χ2v) is 4.30. The molecule has 1 rings (SSSR count). The molecule has 2 N–H and O–H groups in total. The molecule has 2 unspecified atom stereocenters. The van der Waals surface area contributed by atoms with E-state index in [1.807, 2.05) is 0 Å². The van der Waals surface area contributed by atoms with Gasteiger partial charge in [-0.2, -0.15) is 0 Å². The van der Waals surface area contributed by atoms with Gasteiger partial charge in [0.1, 0.15) is 6.10 Å². The molecule has 0 aliphatic carbocycles. The molecule has 110 valence electrons. The number of benzene rings is 1. The molecule has 20 heavy (non-hydrogen) atoms. The van der Waals surface area contributed by atoms with E-state index < -0.39 is 24.1 Å². The monoisotopic (exact) mass is 282 g/mol. The van der Waals surface area contributed by atoms with E-state index in [1.165, 1.54) is 14.2 Å². The van der Waals surface area contributed by atoms with Crippen LogP contribution in [0.15, 0.2) is 18.2 Å². The normalized spacial score (nSPS) is 13.4. The fourth-order valence-corrected chi connectivity index (χ4v) is 1.88. The number of aliphatic hydroxyl groups excluding tert-OH is 2. The van der Waals surface area contributed by atoms with Gasteiger partial charge in [0.15, 0.2) is 0 Å². The Morgan fingerprint density at radius 1 is 1.20 bits per heavy atom. The fourth-order valence-electron chi connectivity index (χ4n) is 1.88. The second-order valence-electron chi connectivity index (χ2n) is 4.30. The SMILES string of the molecule is COC(=O)CC(O)C(O)c1cccc(C(=O)OC)c1C. The first-order valence-electron chi connectivity index (χ1n) is 6.03. The summed E-state index contributed by atoms with van der Waals surface area (Å²) in [6, 6.07) is 4.71. The second kappa shape index (κ2) is 7.02. The highest BCUT2D eigenvalue weighted by Crippen LogP contribution is 2.25. The quantitative estimate of drug-likeness (QED) is 0.774. The molecule has 1 aromatic rings. The molecule has 2 atom stereocenters. The minimum absolute atomic E-state index is 0.300. The molecule has 1 aromatic carbocycles. The molecule has 0 saturated heterocycles. The Labute approximate surface area is 116 Å². The maximum Gasteiger partial charge on any atom is 0.338 e. The number of carbonyl (C=O) groups excluding carboxylic acids is 2. The minimum atomic E-state index is -1.31. The molecule has 6 nitrogen and oxygen atoms in total. The van der Waals surface area contributed by atoms with Crippen molar-refractivity contribution >= 4 is 11.9 Å². The maximum absolute atomic E-state index is 11.6. The highest BCUT2D eigenvalue weighted by Gasteiger charge is 2.25. The molecular formula is C14H18O6.